The summed E-state index contributed by atoms with van der Waals surface area (Å²) in [6.45, 7) is 34.2. The summed E-state index contributed by atoms with van der Waals surface area (Å²) >= 11 is 0. The highest BCUT2D eigenvalue weighted by molar-refractivity contribution is 6.95. The summed E-state index contributed by atoms with van der Waals surface area (Å²) in [4.78, 5) is 3.61. The van der Waals surface area contributed by atoms with Crippen LogP contribution in [-0.2, 0) is 7.05 Å². The fraction of sp³-hybridized carbons (Fsp3) is 0.415. The van der Waals surface area contributed by atoms with E-state index in [9.17, 15) is 2.74 Å². The van der Waals surface area contributed by atoms with Crippen LogP contribution in [0.3, 0.4) is 0 Å². The smallest absolute Gasteiger partial charge is 0.216 e. The van der Waals surface area contributed by atoms with Crippen molar-refractivity contribution in [2.45, 2.75) is 105 Å². The average Bonchev–Trinajstić information content (AvgIpc) is 3.32. The summed E-state index contributed by atoms with van der Waals surface area (Å²) < 4.78 is 27.6. The van der Waals surface area contributed by atoms with Gasteiger partial charge in [-0.15, -0.1) is 0 Å². The van der Waals surface area contributed by atoms with Crippen molar-refractivity contribution in [3.8, 4) is 22.4 Å². The van der Waals surface area contributed by atoms with Gasteiger partial charge in [-0.2, -0.15) is 0 Å². The van der Waals surface area contributed by atoms with Gasteiger partial charge in [0.05, 0.1) is 20.2 Å². The molecule has 0 aliphatic carbocycles. The predicted molar refractivity (Wildman–Crippen MR) is 196 cm³/mol. The monoisotopic (exact) mass is 617 g/mol. The van der Waals surface area contributed by atoms with Crippen molar-refractivity contribution >= 4 is 40.9 Å². The van der Waals surface area contributed by atoms with Gasteiger partial charge in [0, 0.05) is 25.6 Å². The zero-order valence-corrected chi connectivity index (χ0v) is 30.6. The highest BCUT2D eigenvalue weighted by atomic mass is 28.3. The van der Waals surface area contributed by atoms with Crippen molar-refractivity contribution in [1.82, 2.24) is 0 Å². The number of hydrogen-bond donors (Lipinski definition) is 0. The molecule has 4 heteroatoms. The van der Waals surface area contributed by atoms with Gasteiger partial charge in [0.2, 0.25) is 5.69 Å². The summed E-state index contributed by atoms with van der Waals surface area (Å²) in [6, 6.07) is 18.9. The molecule has 0 aliphatic rings. The largest absolute Gasteiger partial charge is 0.456 e. The van der Waals surface area contributed by atoms with E-state index in [1.807, 2.05) is 45.9 Å². The quantitative estimate of drug-likeness (QED) is 0.109. The van der Waals surface area contributed by atoms with Crippen LogP contribution in [0.15, 0.2) is 65.2 Å². The van der Waals surface area contributed by atoms with Crippen molar-refractivity contribution in [3.63, 3.8) is 0 Å². The van der Waals surface area contributed by atoms with Crippen molar-refractivity contribution in [2.24, 2.45) is 7.05 Å². The van der Waals surface area contributed by atoms with Gasteiger partial charge in [0.25, 0.3) is 0 Å². The van der Waals surface area contributed by atoms with Gasteiger partial charge in [-0.1, -0.05) is 117 Å². The third-order valence-corrected chi connectivity index (χ3v) is 17.9. The number of aryl methyl sites for hydroxylation is 2. The third kappa shape index (κ3) is 5.34. The van der Waals surface area contributed by atoms with Gasteiger partial charge < -0.3 is 4.42 Å². The van der Waals surface area contributed by atoms with Gasteiger partial charge in [-0.05, 0) is 62.7 Å². The number of hydrogen-bond acceptors (Lipinski definition) is 1. The summed E-state index contributed by atoms with van der Waals surface area (Å²) in [6.07, 6.45) is 2.08. The van der Waals surface area contributed by atoms with Crippen LogP contribution < -0.4 is 9.75 Å². The van der Waals surface area contributed by atoms with Gasteiger partial charge in [0.15, 0.2) is 11.9 Å². The number of rotatable bonds is 5. The van der Waals surface area contributed by atoms with Crippen molar-refractivity contribution < 1.29 is 11.7 Å². The molecule has 0 N–H and O–H groups in total. The second-order valence-corrected chi connectivity index (χ2v) is 21.3. The molecule has 234 valence electrons. The van der Waals surface area contributed by atoms with Crippen LogP contribution in [0.25, 0.3) is 49.2 Å². The molecule has 45 heavy (non-hydrogen) atoms. The van der Waals surface area contributed by atoms with Crippen molar-refractivity contribution in [3.05, 3.63) is 88.9 Å². The van der Waals surface area contributed by atoms with Crippen molar-refractivity contribution in [1.29, 1.82) is 0 Å². The lowest BCUT2D eigenvalue weighted by atomic mass is 9.84. The normalized spacial score (nSPS) is 14.0. The van der Waals surface area contributed by atoms with E-state index in [1.54, 1.807) is 0 Å². The zero-order valence-electron chi connectivity index (χ0n) is 31.6. The SMILES string of the molecule is [2H]C(C)(C)c1cc([Si](C)(C(C)(C)C)C(C)(C)C)cc(C([2H])(C)C)c1-c1cc[n+](C)c(-c2c(C)ccc3c2oc2cc([N+]#[C-])ccc23)c1. The molecule has 0 saturated carbocycles. The Morgan fingerprint density at radius 1 is 0.822 bits per heavy atom. The number of furan rings is 1. The van der Waals surface area contributed by atoms with Gasteiger partial charge in [0.1, 0.15) is 18.2 Å². The molecule has 0 spiro atoms. The van der Waals surface area contributed by atoms with E-state index in [0.29, 0.717) is 11.3 Å². The maximum atomic E-state index is 9.49. The number of benzene rings is 3. The van der Waals surface area contributed by atoms with Crippen LogP contribution >= 0.6 is 0 Å². The first-order valence-electron chi connectivity index (χ1n) is 17.0. The van der Waals surface area contributed by atoms with E-state index in [-0.39, 0.29) is 10.1 Å². The van der Waals surface area contributed by atoms with E-state index in [4.69, 9.17) is 11.0 Å². The molecule has 0 unspecified atom stereocenters. The third-order valence-electron chi connectivity index (χ3n) is 10.5. The van der Waals surface area contributed by atoms with Crippen LogP contribution in [0.2, 0.25) is 16.6 Å². The lowest BCUT2D eigenvalue weighted by Gasteiger charge is -2.50. The van der Waals surface area contributed by atoms with Gasteiger partial charge in [-0.25, -0.2) is 9.41 Å². The molecule has 0 saturated heterocycles. The maximum Gasteiger partial charge on any atom is 0.216 e. The van der Waals surface area contributed by atoms with Gasteiger partial charge >= 0.3 is 0 Å². The molecule has 5 aromatic rings. The highest BCUT2D eigenvalue weighted by Gasteiger charge is 2.50. The Bertz CT molecular complexity index is 2020. The summed E-state index contributed by atoms with van der Waals surface area (Å²) in [5.41, 5.74) is 9.03. The van der Waals surface area contributed by atoms with E-state index in [0.717, 1.165) is 55.4 Å². The minimum absolute atomic E-state index is 0.0611. The first-order chi connectivity index (χ1) is 21.5. The fourth-order valence-corrected chi connectivity index (χ4v) is 12.2. The molecule has 3 nitrogen and oxygen atoms in total. The Balaban J connectivity index is 1.87. The van der Waals surface area contributed by atoms with Crippen LogP contribution in [-0.4, -0.2) is 8.07 Å². The van der Waals surface area contributed by atoms with Crippen LogP contribution in [0, 0.1) is 13.5 Å². The molecular weight excluding hydrogens is 565 g/mol. The molecular formula is C41H51N2OSi+. The van der Waals surface area contributed by atoms with E-state index in [1.165, 1.54) is 5.19 Å². The Labute approximate surface area is 274 Å². The minimum atomic E-state index is -2.21. The number of fused-ring (bicyclic) bond motifs is 3. The Morgan fingerprint density at radius 2 is 1.40 bits per heavy atom. The maximum absolute atomic E-state index is 9.49. The molecule has 2 heterocycles. The van der Waals surface area contributed by atoms with Crippen LogP contribution in [0.4, 0.5) is 5.69 Å². The summed E-state index contributed by atoms with van der Waals surface area (Å²) in [7, 11) is -0.158. The summed E-state index contributed by atoms with van der Waals surface area (Å²) in [5, 5.41) is 3.44. The number of nitrogens with zero attached hydrogens (tertiary/aromatic N) is 2. The van der Waals surface area contributed by atoms with Crippen LogP contribution in [0.1, 0.15) is 100 Å². The highest BCUT2D eigenvalue weighted by Crippen LogP contribution is 2.51. The second kappa shape index (κ2) is 11.3. The molecule has 0 aliphatic heterocycles. The molecule has 5 rings (SSSR count). The van der Waals surface area contributed by atoms with Crippen LogP contribution in [0.5, 0.6) is 0 Å². The minimum Gasteiger partial charge on any atom is -0.456 e. The molecule has 0 bridgehead atoms. The fourth-order valence-electron chi connectivity index (χ4n) is 7.31. The zero-order chi connectivity index (χ0) is 35.1. The Morgan fingerprint density at radius 3 is 1.93 bits per heavy atom. The lowest BCUT2D eigenvalue weighted by molar-refractivity contribution is -0.660. The molecule has 2 aromatic heterocycles. The summed E-state index contributed by atoms with van der Waals surface area (Å²) in [5.74, 6) is -1.80. The Hall–Kier alpha value is -3.68. The standard InChI is InChI=1S/C41H51N2OSi/c1-25(2)33-23-30(45(14,40(6,7)8)41(9,10)11)24-34(26(3)4)38(33)28-19-20-43(13)35(21-28)37-27(5)15-17-32-31-18-16-29(42-12)22-36(31)44-39(32)37/h15-26H,1-11,13-14H3/q+1/i25D,26D. The topological polar surface area (TPSA) is 21.4 Å². The van der Waals surface area contributed by atoms with E-state index in [2.05, 4.69) is 114 Å². The second-order valence-electron chi connectivity index (χ2n) is 15.5. The molecule has 0 amide bonds. The Kier molecular flexibility index (Phi) is 7.52. The van der Waals surface area contributed by atoms with E-state index < -0.39 is 19.9 Å². The van der Waals surface area contributed by atoms with E-state index >= 15 is 0 Å². The lowest BCUT2D eigenvalue weighted by Crippen LogP contribution is -2.59. The first-order valence-corrected chi connectivity index (χ1v) is 18.5. The predicted octanol–water partition coefficient (Wildman–Crippen LogP) is 11.7. The average molecular weight is 618 g/mol. The molecule has 0 radical (unpaired) electrons. The number of pyridine rings is 1. The first kappa shape index (κ1) is 30.0. The molecule has 0 atom stereocenters. The molecule has 3 aromatic carbocycles. The number of aromatic nitrogens is 1. The van der Waals surface area contributed by atoms with Gasteiger partial charge in [-0.3, -0.25) is 0 Å². The van der Waals surface area contributed by atoms with Crippen molar-refractivity contribution in [2.75, 3.05) is 0 Å². The molecule has 0 fully saturated rings.